The standard InChI is InChI=1S/C15H23N3O2/c1-20-12-14-4-2-13(3-5-14)10-17-15(19)11-18-8-6-16-7-9-18/h2-5,16H,6-12H2,1H3,(H,17,19). The zero-order chi connectivity index (χ0) is 14.2. The monoisotopic (exact) mass is 277 g/mol. The summed E-state index contributed by atoms with van der Waals surface area (Å²) >= 11 is 0. The molecule has 110 valence electrons. The predicted octanol–water partition coefficient (Wildman–Crippen LogP) is 0.354. The minimum atomic E-state index is 0.0906. The Morgan fingerprint density at radius 3 is 2.55 bits per heavy atom. The predicted molar refractivity (Wildman–Crippen MR) is 78.3 cm³/mol. The van der Waals surface area contributed by atoms with E-state index in [1.165, 1.54) is 0 Å². The molecular formula is C15H23N3O2. The lowest BCUT2D eigenvalue weighted by atomic mass is 10.1. The van der Waals surface area contributed by atoms with E-state index in [0.29, 0.717) is 19.7 Å². The largest absolute Gasteiger partial charge is 0.380 e. The van der Waals surface area contributed by atoms with Gasteiger partial charge in [-0.15, -0.1) is 0 Å². The molecule has 1 saturated heterocycles. The zero-order valence-electron chi connectivity index (χ0n) is 12.0. The SMILES string of the molecule is COCc1ccc(CNC(=O)CN2CCNCC2)cc1. The first-order valence-corrected chi connectivity index (χ1v) is 7.04. The Labute approximate surface area is 120 Å². The fourth-order valence-corrected chi connectivity index (χ4v) is 2.25. The number of methoxy groups -OCH3 is 1. The first-order valence-electron chi connectivity index (χ1n) is 7.04. The van der Waals surface area contributed by atoms with Crippen molar-refractivity contribution in [3.05, 3.63) is 35.4 Å². The Kier molecular flexibility index (Phi) is 5.98. The van der Waals surface area contributed by atoms with Crippen LogP contribution < -0.4 is 10.6 Å². The maximum Gasteiger partial charge on any atom is 0.234 e. The maximum atomic E-state index is 11.9. The number of amides is 1. The Morgan fingerprint density at radius 2 is 1.90 bits per heavy atom. The van der Waals surface area contributed by atoms with Crippen LogP contribution >= 0.6 is 0 Å². The summed E-state index contributed by atoms with van der Waals surface area (Å²) in [4.78, 5) is 14.0. The smallest absolute Gasteiger partial charge is 0.234 e. The van der Waals surface area contributed by atoms with Crippen LogP contribution in [0, 0.1) is 0 Å². The molecule has 0 unspecified atom stereocenters. The van der Waals surface area contributed by atoms with Gasteiger partial charge in [0.25, 0.3) is 0 Å². The van der Waals surface area contributed by atoms with Gasteiger partial charge in [0.1, 0.15) is 0 Å². The molecule has 0 bridgehead atoms. The Balaban J connectivity index is 1.72. The molecule has 5 nitrogen and oxygen atoms in total. The summed E-state index contributed by atoms with van der Waals surface area (Å²) in [5, 5.41) is 6.24. The van der Waals surface area contributed by atoms with E-state index in [2.05, 4.69) is 15.5 Å². The van der Waals surface area contributed by atoms with Gasteiger partial charge in [0.05, 0.1) is 13.2 Å². The Bertz CT molecular complexity index is 414. The number of piperazine rings is 1. The molecule has 1 aromatic carbocycles. The molecule has 1 aliphatic rings. The highest BCUT2D eigenvalue weighted by Crippen LogP contribution is 2.05. The molecule has 5 heteroatoms. The van der Waals surface area contributed by atoms with Crippen molar-refractivity contribution in [2.45, 2.75) is 13.2 Å². The van der Waals surface area contributed by atoms with E-state index < -0.39 is 0 Å². The van der Waals surface area contributed by atoms with Crippen LogP contribution in [-0.4, -0.2) is 50.6 Å². The highest BCUT2D eigenvalue weighted by molar-refractivity contribution is 5.78. The molecule has 0 spiro atoms. The average Bonchev–Trinajstić information content (AvgIpc) is 2.48. The Hall–Kier alpha value is -1.43. The second-order valence-electron chi connectivity index (χ2n) is 5.05. The first kappa shape index (κ1) is 15.0. The van der Waals surface area contributed by atoms with E-state index in [9.17, 15) is 4.79 Å². The second-order valence-corrected chi connectivity index (χ2v) is 5.05. The third-order valence-electron chi connectivity index (χ3n) is 3.40. The highest BCUT2D eigenvalue weighted by atomic mass is 16.5. The molecular weight excluding hydrogens is 254 g/mol. The number of nitrogens with zero attached hydrogens (tertiary/aromatic N) is 1. The van der Waals surface area contributed by atoms with Gasteiger partial charge in [-0.1, -0.05) is 24.3 Å². The molecule has 2 N–H and O–H groups in total. The van der Waals surface area contributed by atoms with E-state index in [4.69, 9.17) is 4.74 Å². The van der Waals surface area contributed by atoms with Crippen molar-refractivity contribution < 1.29 is 9.53 Å². The van der Waals surface area contributed by atoms with Gasteiger partial charge in [-0.25, -0.2) is 0 Å². The minimum absolute atomic E-state index is 0.0906. The lowest BCUT2D eigenvalue weighted by Crippen LogP contribution is -2.47. The van der Waals surface area contributed by atoms with Gasteiger partial charge in [0.15, 0.2) is 0 Å². The van der Waals surface area contributed by atoms with Crippen molar-refractivity contribution in [3.63, 3.8) is 0 Å². The summed E-state index contributed by atoms with van der Waals surface area (Å²) in [6.45, 7) is 5.51. The van der Waals surface area contributed by atoms with Crippen LogP contribution in [0.5, 0.6) is 0 Å². The van der Waals surface area contributed by atoms with Crippen molar-refractivity contribution in [3.8, 4) is 0 Å². The van der Waals surface area contributed by atoms with Crippen LogP contribution in [-0.2, 0) is 22.7 Å². The molecule has 1 fully saturated rings. The summed E-state index contributed by atoms with van der Waals surface area (Å²) < 4.78 is 5.07. The van der Waals surface area contributed by atoms with E-state index in [-0.39, 0.29) is 5.91 Å². The van der Waals surface area contributed by atoms with Crippen LogP contribution in [0.25, 0.3) is 0 Å². The van der Waals surface area contributed by atoms with Crippen LogP contribution in [0.15, 0.2) is 24.3 Å². The number of rotatable bonds is 6. The van der Waals surface area contributed by atoms with Gasteiger partial charge in [0, 0.05) is 39.8 Å². The molecule has 0 radical (unpaired) electrons. The normalized spacial score (nSPS) is 16.1. The zero-order valence-corrected chi connectivity index (χ0v) is 12.0. The molecule has 0 aromatic heterocycles. The van der Waals surface area contributed by atoms with Gasteiger partial charge < -0.3 is 15.4 Å². The fraction of sp³-hybridized carbons (Fsp3) is 0.533. The first-order chi connectivity index (χ1) is 9.78. The number of hydrogen-bond acceptors (Lipinski definition) is 4. The summed E-state index contributed by atoms with van der Waals surface area (Å²) in [7, 11) is 1.68. The molecule has 1 aromatic rings. The highest BCUT2D eigenvalue weighted by Gasteiger charge is 2.12. The van der Waals surface area contributed by atoms with Gasteiger partial charge in [-0.05, 0) is 11.1 Å². The van der Waals surface area contributed by atoms with Gasteiger partial charge in [0.2, 0.25) is 5.91 Å². The molecule has 20 heavy (non-hydrogen) atoms. The number of nitrogens with one attached hydrogen (secondary N) is 2. The van der Waals surface area contributed by atoms with Gasteiger partial charge >= 0.3 is 0 Å². The summed E-state index contributed by atoms with van der Waals surface area (Å²) in [6.07, 6.45) is 0. The summed E-state index contributed by atoms with van der Waals surface area (Å²) in [5.74, 6) is 0.0906. The molecule has 0 atom stereocenters. The quantitative estimate of drug-likeness (QED) is 0.788. The van der Waals surface area contributed by atoms with Crippen molar-refractivity contribution in [2.75, 3.05) is 39.8 Å². The molecule has 1 amide bonds. The lowest BCUT2D eigenvalue weighted by molar-refractivity contribution is -0.122. The van der Waals surface area contributed by atoms with Crippen LogP contribution in [0.2, 0.25) is 0 Å². The van der Waals surface area contributed by atoms with Crippen molar-refractivity contribution in [1.29, 1.82) is 0 Å². The summed E-state index contributed by atoms with van der Waals surface area (Å²) in [5.41, 5.74) is 2.25. The number of ether oxygens (including phenoxy) is 1. The van der Waals surface area contributed by atoms with Crippen LogP contribution in [0.4, 0.5) is 0 Å². The average molecular weight is 277 g/mol. The van der Waals surface area contributed by atoms with E-state index in [1.54, 1.807) is 7.11 Å². The van der Waals surface area contributed by atoms with E-state index in [1.807, 2.05) is 24.3 Å². The molecule has 1 heterocycles. The molecule has 0 aliphatic carbocycles. The number of benzene rings is 1. The Morgan fingerprint density at radius 1 is 1.25 bits per heavy atom. The number of hydrogen-bond donors (Lipinski definition) is 2. The van der Waals surface area contributed by atoms with E-state index in [0.717, 1.165) is 37.3 Å². The van der Waals surface area contributed by atoms with Crippen molar-refractivity contribution in [1.82, 2.24) is 15.5 Å². The van der Waals surface area contributed by atoms with Crippen molar-refractivity contribution in [2.24, 2.45) is 0 Å². The van der Waals surface area contributed by atoms with Gasteiger partial charge in [-0.3, -0.25) is 9.69 Å². The third kappa shape index (κ3) is 4.92. The molecule has 1 aliphatic heterocycles. The summed E-state index contributed by atoms with van der Waals surface area (Å²) in [6, 6.07) is 8.11. The lowest BCUT2D eigenvalue weighted by Gasteiger charge is -2.26. The van der Waals surface area contributed by atoms with Crippen molar-refractivity contribution >= 4 is 5.91 Å². The molecule has 0 saturated carbocycles. The fourth-order valence-electron chi connectivity index (χ4n) is 2.25. The van der Waals surface area contributed by atoms with Crippen LogP contribution in [0.1, 0.15) is 11.1 Å². The number of carbonyl (C=O) groups excluding carboxylic acids is 1. The maximum absolute atomic E-state index is 11.9. The minimum Gasteiger partial charge on any atom is -0.380 e. The third-order valence-corrected chi connectivity index (χ3v) is 3.40. The second kappa shape index (κ2) is 7.99. The topological polar surface area (TPSA) is 53.6 Å². The van der Waals surface area contributed by atoms with Crippen LogP contribution in [0.3, 0.4) is 0 Å². The molecule has 2 rings (SSSR count). The number of carbonyl (C=O) groups is 1. The van der Waals surface area contributed by atoms with E-state index >= 15 is 0 Å². The van der Waals surface area contributed by atoms with Gasteiger partial charge in [-0.2, -0.15) is 0 Å².